The van der Waals surface area contributed by atoms with Gasteiger partial charge in [-0.15, -0.1) is 13.2 Å². The Balaban J connectivity index is 1.62. The molecule has 2 heterocycles. The van der Waals surface area contributed by atoms with Gasteiger partial charge in [0.1, 0.15) is 5.75 Å². The summed E-state index contributed by atoms with van der Waals surface area (Å²) in [6, 6.07) is 9.05. The smallest absolute Gasteiger partial charge is 0.406 e. The molecular weight excluding hydrogens is 437 g/mol. The minimum Gasteiger partial charge on any atom is -0.406 e. The second-order valence-corrected chi connectivity index (χ2v) is 7.92. The van der Waals surface area contributed by atoms with Crippen molar-refractivity contribution in [1.29, 1.82) is 0 Å². The molecule has 0 spiro atoms. The molecule has 1 unspecified atom stereocenters. The van der Waals surface area contributed by atoms with Crippen LogP contribution in [0.4, 0.5) is 18.9 Å². The van der Waals surface area contributed by atoms with E-state index in [2.05, 4.69) is 25.3 Å². The fourth-order valence-electron chi connectivity index (χ4n) is 3.73. The van der Waals surface area contributed by atoms with Crippen molar-refractivity contribution in [2.75, 3.05) is 25.0 Å². The Morgan fingerprint density at radius 3 is 2.73 bits per heavy atom. The summed E-state index contributed by atoms with van der Waals surface area (Å²) in [5.41, 5.74) is 1.31. The number of pyridine rings is 1. The van der Waals surface area contributed by atoms with E-state index in [9.17, 15) is 22.8 Å². The predicted octanol–water partition coefficient (Wildman–Crippen LogP) is 3.73. The Morgan fingerprint density at radius 1 is 1.18 bits per heavy atom. The molecule has 7 nitrogen and oxygen atoms in total. The van der Waals surface area contributed by atoms with Gasteiger partial charge in [0.2, 0.25) is 11.8 Å². The fraction of sp³-hybridized carbons (Fsp3) is 0.435. The lowest BCUT2D eigenvalue weighted by atomic mass is 9.97. The number of hydrogen-bond acceptors (Lipinski definition) is 5. The molecule has 3 rings (SSSR count). The van der Waals surface area contributed by atoms with Crippen LogP contribution in [0.3, 0.4) is 0 Å². The average Bonchev–Trinajstić information content (AvgIpc) is 2.79. The number of nitrogens with zero attached hydrogens (tertiary/aromatic N) is 2. The summed E-state index contributed by atoms with van der Waals surface area (Å²) in [5, 5.41) is 5.53. The molecule has 2 amide bonds. The molecule has 0 saturated carbocycles. The van der Waals surface area contributed by atoms with Crippen LogP contribution < -0.4 is 15.4 Å². The van der Waals surface area contributed by atoms with Crippen molar-refractivity contribution in [1.82, 2.24) is 15.2 Å². The monoisotopic (exact) mass is 464 g/mol. The standard InChI is InChI=1S/C23H27F3N4O3/c24-23(25,26)33-20-5-1-4-19(15-20)29-22(32)18-3-2-13-30(14-9-21(31)28-12-8-18)16-17-6-10-27-11-7-17/h1,4-7,10-11,15,18H,2-3,8-9,12-14,16H2,(H,28,31)(H,29,32). The highest BCUT2D eigenvalue weighted by molar-refractivity contribution is 5.92. The van der Waals surface area contributed by atoms with Gasteiger partial charge in [-0.3, -0.25) is 19.5 Å². The molecule has 1 aromatic carbocycles. The molecule has 10 heteroatoms. The Bertz CT molecular complexity index is 925. The van der Waals surface area contributed by atoms with E-state index in [1.807, 2.05) is 12.1 Å². The van der Waals surface area contributed by atoms with E-state index in [1.54, 1.807) is 12.4 Å². The maximum atomic E-state index is 12.9. The van der Waals surface area contributed by atoms with E-state index >= 15 is 0 Å². The van der Waals surface area contributed by atoms with Crippen LogP contribution in [0.1, 0.15) is 31.2 Å². The molecule has 33 heavy (non-hydrogen) atoms. The summed E-state index contributed by atoms with van der Waals surface area (Å²) in [7, 11) is 0. The number of alkyl halides is 3. The molecule has 2 N–H and O–H groups in total. The second-order valence-electron chi connectivity index (χ2n) is 7.92. The van der Waals surface area contributed by atoms with Gasteiger partial charge >= 0.3 is 6.36 Å². The van der Waals surface area contributed by atoms with Crippen molar-refractivity contribution in [3.05, 3.63) is 54.4 Å². The zero-order valence-electron chi connectivity index (χ0n) is 18.1. The van der Waals surface area contributed by atoms with E-state index in [-0.39, 0.29) is 17.5 Å². The largest absolute Gasteiger partial charge is 0.573 e. The van der Waals surface area contributed by atoms with Crippen molar-refractivity contribution in [3.8, 4) is 5.75 Å². The summed E-state index contributed by atoms with van der Waals surface area (Å²) in [6.07, 6.45) is 0.793. The van der Waals surface area contributed by atoms with Gasteiger partial charge in [0, 0.05) is 56.1 Å². The highest BCUT2D eigenvalue weighted by Gasteiger charge is 2.31. The van der Waals surface area contributed by atoms with E-state index in [0.717, 1.165) is 18.1 Å². The van der Waals surface area contributed by atoms with Gasteiger partial charge in [-0.25, -0.2) is 0 Å². The first-order valence-corrected chi connectivity index (χ1v) is 10.8. The number of rotatable bonds is 5. The Hall–Kier alpha value is -3.14. The normalized spacial score (nSPS) is 18.6. The molecule has 1 fully saturated rings. The Kier molecular flexibility index (Phi) is 8.65. The third kappa shape index (κ3) is 8.72. The zero-order chi connectivity index (χ0) is 23.7. The number of ether oxygens (including phenoxy) is 1. The van der Waals surface area contributed by atoms with Crippen LogP contribution in [0.25, 0.3) is 0 Å². The summed E-state index contributed by atoms with van der Waals surface area (Å²) in [4.78, 5) is 31.2. The summed E-state index contributed by atoms with van der Waals surface area (Å²) < 4.78 is 41.3. The van der Waals surface area contributed by atoms with Gasteiger partial charge in [0.15, 0.2) is 0 Å². The third-order valence-corrected chi connectivity index (χ3v) is 5.36. The maximum Gasteiger partial charge on any atom is 0.573 e. The molecule has 1 saturated heterocycles. The van der Waals surface area contributed by atoms with Crippen molar-refractivity contribution >= 4 is 17.5 Å². The molecule has 0 radical (unpaired) electrons. The Morgan fingerprint density at radius 2 is 1.97 bits per heavy atom. The van der Waals surface area contributed by atoms with Gasteiger partial charge in [0.05, 0.1) is 0 Å². The first-order chi connectivity index (χ1) is 15.8. The van der Waals surface area contributed by atoms with E-state index < -0.39 is 18.0 Å². The Labute approximate surface area is 190 Å². The number of aromatic nitrogens is 1. The minimum atomic E-state index is -4.81. The van der Waals surface area contributed by atoms with Crippen LogP contribution in [-0.2, 0) is 16.1 Å². The first kappa shape index (κ1) is 24.5. The van der Waals surface area contributed by atoms with E-state index in [1.165, 1.54) is 18.2 Å². The third-order valence-electron chi connectivity index (χ3n) is 5.36. The number of carbonyl (C=O) groups excluding carboxylic acids is 2. The quantitative estimate of drug-likeness (QED) is 0.705. The molecule has 1 aliphatic heterocycles. The van der Waals surface area contributed by atoms with Gasteiger partial charge in [-0.2, -0.15) is 0 Å². The number of benzene rings is 1. The van der Waals surface area contributed by atoms with Crippen molar-refractivity contribution in [2.24, 2.45) is 5.92 Å². The number of hydrogen-bond donors (Lipinski definition) is 2. The fourth-order valence-corrected chi connectivity index (χ4v) is 3.73. The number of amides is 2. The summed E-state index contributed by atoms with van der Waals surface area (Å²) >= 11 is 0. The summed E-state index contributed by atoms with van der Waals surface area (Å²) in [5.74, 6) is -1.17. The molecule has 1 atom stereocenters. The van der Waals surface area contributed by atoms with Crippen LogP contribution in [0, 0.1) is 5.92 Å². The number of anilines is 1. The molecular formula is C23H27F3N4O3. The van der Waals surface area contributed by atoms with Crippen LogP contribution >= 0.6 is 0 Å². The highest BCUT2D eigenvalue weighted by atomic mass is 19.4. The lowest BCUT2D eigenvalue weighted by molar-refractivity contribution is -0.274. The lowest BCUT2D eigenvalue weighted by Crippen LogP contribution is -2.31. The van der Waals surface area contributed by atoms with Crippen molar-refractivity contribution in [3.63, 3.8) is 0 Å². The predicted molar refractivity (Wildman–Crippen MR) is 116 cm³/mol. The van der Waals surface area contributed by atoms with Gasteiger partial charge in [0.25, 0.3) is 0 Å². The molecule has 2 aromatic rings. The molecule has 0 aliphatic carbocycles. The van der Waals surface area contributed by atoms with Crippen LogP contribution in [0.15, 0.2) is 48.8 Å². The minimum absolute atomic E-state index is 0.0761. The number of carbonyl (C=O) groups is 2. The molecule has 0 bridgehead atoms. The van der Waals surface area contributed by atoms with Crippen LogP contribution in [0.2, 0.25) is 0 Å². The molecule has 1 aliphatic rings. The van der Waals surface area contributed by atoms with Crippen LogP contribution in [-0.4, -0.2) is 47.7 Å². The first-order valence-electron chi connectivity index (χ1n) is 10.8. The topological polar surface area (TPSA) is 83.6 Å². The molecule has 1 aromatic heterocycles. The number of halogens is 3. The van der Waals surface area contributed by atoms with Crippen molar-refractivity contribution in [2.45, 2.75) is 38.6 Å². The SMILES string of the molecule is O=C1CCN(Cc2ccncc2)CCCC(C(=O)Nc2cccc(OC(F)(F)F)c2)CCN1. The number of nitrogens with one attached hydrogen (secondary N) is 2. The molecule has 178 valence electrons. The highest BCUT2D eigenvalue weighted by Crippen LogP contribution is 2.26. The van der Waals surface area contributed by atoms with E-state index in [0.29, 0.717) is 45.4 Å². The van der Waals surface area contributed by atoms with Crippen molar-refractivity contribution < 1.29 is 27.5 Å². The van der Waals surface area contributed by atoms with E-state index in [4.69, 9.17) is 0 Å². The summed E-state index contributed by atoms with van der Waals surface area (Å²) in [6.45, 7) is 2.36. The maximum absolute atomic E-state index is 12.9. The lowest BCUT2D eigenvalue weighted by Gasteiger charge is -2.22. The van der Waals surface area contributed by atoms with Crippen LogP contribution in [0.5, 0.6) is 5.75 Å². The van der Waals surface area contributed by atoms with Gasteiger partial charge in [-0.1, -0.05) is 6.07 Å². The average molecular weight is 464 g/mol. The zero-order valence-corrected chi connectivity index (χ0v) is 18.1. The van der Waals surface area contributed by atoms with Gasteiger partial charge < -0.3 is 15.4 Å². The second kappa shape index (κ2) is 11.6. The van der Waals surface area contributed by atoms with Gasteiger partial charge in [-0.05, 0) is 55.6 Å².